The third-order valence-electron chi connectivity index (χ3n) is 4.10. The highest BCUT2D eigenvalue weighted by molar-refractivity contribution is 7.92. The number of halogens is 1. The number of nitrogens with one attached hydrogen (secondary N) is 1. The van der Waals surface area contributed by atoms with E-state index in [4.69, 9.17) is 11.6 Å². The molecule has 2 rings (SSSR count). The molecule has 1 amide bonds. The second-order valence-electron chi connectivity index (χ2n) is 6.09. The van der Waals surface area contributed by atoms with Crippen molar-refractivity contribution >= 4 is 33.2 Å². The molecule has 0 spiro atoms. The zero-order chi connectivity index (χ0) is 19.3. The first kappa shape index (κ1) is 20.3. The maximum Gasteiger partial charge on any atom is 0.244 e. The summed E-state index contributed by atoms with van der Waals surface area (Å²) in [7, 11) is -3.65. The van der Waals surface area contributed by atoms with Crippen LogP contribution in [0.4, 0.5) is 5.69 Å². The number of anilines is 1. The van der Waals surface area contributed by atoms with Crippen LogP contribution < -0.4 is 9.62 Å². The molecule has 0 fully saturated rings. The van der Waals surface area contributed by atoms with Gasteiger partial charge in [0.25, 0.3) is 0 Å². The van der Waals surface area contributed by atoms with Crippen molar-refractivity contribution in [2.75, 3.05) is 10.6 Å². The lowest BCUT2D eigenvalue weighted by Crippen LogP contribution is -2.48. The van der Waals surface area contributed by atoms with Gasteiger partial charge < -0.3 is 5.32 Å². The van der Waals surface area contributed by atoms with Crippen LogP contribution in [-0.4, -0.2) is 26.6 Å². The highest BCUT2D eigenvalue weighted by Crippen LogP contribution is 2.24. The van der Waals surface area contributed by atoms with E-state index in [1.807, 2.05) is 37.3 Å². The van der Waals surface area contributed by atoms with E-state index < -0.39 is 16.1 Å². The number of carbonyl (C=O) groups is 1. The summed E-state index contributed by atoms with van der Waals surface area (Å²) in [6.07, 6.45) is 1.78. The Balaban J connectivity index is 2.26. The number of sulfonamides is 1. The molecule has 26 heavy (non-hydrogen) atoms. The summed E-state index contributed by atoms with van der Waals surface area (Å²) in [6.45, 7) is 3.54. The molecule has 0 radical (unpaired) electrons. The summed E-state index contributed by atoms with van der Waals surface area (Å²) >= 11 is 5.88. The van der Waals surface area contributed by atoms with E-state index in [1.54, 1.807) is 31.2 Å². The number of carbonyl (C=O) groups excluding carboxylic acids is 1. The molecule has 1 N–H and O–H groups in total. The van der Waals surface area contributed by atoms with Crippen LogP contribution in [0.2, 0.25) is 5.02 Å². The summed E-state index contributed by atoms with van der Waals surface area (Å²) in [5.74, 6) is -0.360. The van der Waals surface area contributed by atoms with Gasteiger partial charge in [0.2, 0.25) is 15.9 Å². The van der Waals surface area contributed by atoms with Crippen LogP contribution in [0.25, 0.3) is 0 Å². The molecule has 140 valence electrons. The van der Waals surface area contributed by atoms with Crippen LogP contribution in [-0.2, 0) is 14.8 Å². The van der Waals surface area contributed by atoms with Crippen molar-refractivity contribution in [3.05, 3.63) is 65.2 Å². The van der Waals surface area contributed by atoms with Gasteiger partial charge in [-0.2, -0.15) is 0 Å². The monoisotopic (exact) mass is 394 g/mol. The molecule has 0 saturated heterocycles. The Bertz CT molecular complexity index is 839. The Labute approximate surface area is 160 Å². The van der Waals surface area contributed by atoms with Gasteiger partial charge in [0.15, 0.2) is 0 Å². The van der Waals surface area contributed by atoms with E-state index in [9.17, 15) is 13.2 Å². The van der Waals surface area contributed by atoms with Gasteiger partial charge in [0.1, 0.15) is 6.04 Å². The summed E-state index contributed by atoms with van der Waals surface area (Å²) in [4.78, 5) is 12.8. The third-order valence-corrected chi connectivity index (χ3v) is 5.59. The lowest BCUT2D eigenvalue weighted by molar-refractivity contribution is -0.122. The normalized spacial score (nSPS) is 13.7. The van der Waals surface area contributed by atoms with Crippen molar-refractivity contribution in [3.63, 3.8) is 0 Å². The number of hydrogen-bond donors (Lipinski definition) is 1. The highest BCUT2D eigenvalue weighted by Gasteiger charge is 2.30. The summed E-state index contributed by atoms with van der Waals surface area (Å²) in [5.41, 5.74) is 1.38. The zero-order valence-corrected chi connectivity index (χ0v) is 16.6. The fourth-order valence-electron chi connectivity index (χ4n) is 2.80. The molecule has 2 aromatic carbocycles. The predicted octanol–water partition coefficient (Wildman–Crippen LogP) is 3.76. The predicted molar refractivity (Wildman–Crippen MR) is 106 cm³/mol. The summed E-state index contributed by atoms with van der Waals surface area (Å²) < 4.78 is 25.7. The molecular weight excluding hydrogens is 372 g/mol. The summed E-state index contributed by atoms with van der Waals surface area (Å²) in [5, 5.41) is 3.44. The van der Waals surface area contributed by atoms with Crippen LogP contribution in [0.1, 0.15) is 31.9 Å². The molecule has 7 heteroatoms. The van der Waals surface area contributed by atoms with Crippen LogP contribution in [0.3, 0.4) is 0 Å². The SMILES string of the molecule is CC[C@H](NC(=O)[C@H](C)N(c1ccc(Cl)cc1)S(C)(=O)=O)c1ccccc1. The fraction of sp³-hybridized carbons (Fsp3) is 0.316. The minimum absolute atomic E-state index is 0.183. The van der Waals surface area contributed by atoms with Gasteiger partial charge in [-0.3, -0.25) is 9.10 Å². The van der Waals surface area contributed by atoms with Crippen molar-refractivity contribution in [3.8, 4) is 0 Å². The Morgan fingerprint density at radius 3 is 2.19 bits per heavy atom. The first-order valence-corrected chi connectivity index (χ1v) is 10.6. The summed E-state index contributed by atoms with van der Waals surface area (Å²) in [6, 6.07) is 14.9. The van der Waals surface area contributed by atoms with E-state index in [1.165, 1.54) is 0 Å². The Morgan fingerprint density at radius 1 is 1.12 bits per heavy atom. The van der Waals surface area contributed by atoms with Crippen LogP contribution in [0.15, 0.2) is 54.6 Å². The van der Waals surface area contributed by atoms with E-state index >= 15 is 0 Å². The molecule has 0 unspecified atom stereocenters. The van der Waals surface area contributed by atoms with Crippen molar-refractivity contribution < 1.29 is 13.2 Å². The van der Waals surface area contributed by atoms with Crippen molar-refractivity contribution in [2.45, 2.75) is 32.4 Å². The molecule has 0 saturated carbocycles. The van der Waals surface area contributed by atoms with Crippen LogP contribution >= 0.6 is 11.6 Å². The van der Waals surface area contributed by atoms with Gasteiger partial charge in [-0.15, -0.1) is 0 Å². The van der Waals surface area contributed by atoms with Gasteiger partial charge in [-0.05, 0) is 43.2 Å². The second-order valence-corrected chi connectivity index (χ2v) is 8.39. The molecule has 0 bridgehead atoms. The number of hydrogen-bond acceptors (Lipinski definition) is 3. The molecule has 2 atom stereocenters. The van der Waals surface area contributed by atoms with Gasteiger partial charge in [-0.1, -0.05) is 48.9 Å². The van der Waals surface area contributed by atoms with Gasteiger partial charge in [0.05, 0.1) is 18.0 Å². The molecule has 0 heterocycles. The number of benzene rings is 2. The Hall–Kier alpha value is -2.05. The quantitative estimate of drug-likeness (QED) is 0.777. The largest absolute Gasteiger partial charge is 0.347 e. The first-order valence-electron chi connectivity index (χ1n) is 8.34. The first-order chi connectivity index (χ1) is 12.2. The number of rotatable bonds is 7. The van der Waals surface area contributed by atoms with Crippen molar-refractivity contribution in [1.29, 1.82) is 0 Å². The fourth-order valence-corrected chi connectivity index (χ4v) is 4.10. The van der Waals surface area contributed by atoms with Gasteiger partial charge >= 0.3 is 0 Å². The third kappa shape index (κ3) is 4.99. The van der Waals surface area contributed by atoms with E-state index in [2.05, 4.69) is 5.32 Å². The van der Waals surface area contributed by atoms with Gasteiger partial charge in [0, 0.05) is 5.02 Å². The van der Waals surface area contributed by atoms with E-state index in [0.717, 1.165) is 16.1 Å². The lowest BCUT2D eigenvalue weighted by atomic mass is 10.0. The average Bonchev–Trinajstić information content (AvgIpc) is 2.60. The molecule has 0 aliphatic rings. The Morgan fingerprint density at radius 2 is 1.69 bits per heavy atom. The molecule has 0 aliphatic carbocycles. The van der Waals surface area contributed by atoms with E-state index in [-0.39, 0.29) is 11.9 Å². The molecule has 0 aliphatic heterocycles. The van der Waals surface area contributed by atoms with Gasteiger partial charge in [-0.25, -0.2) is 8.42 Å². The maximum absolute atomic E-state index is 12.8. The zero-order valence-electron chi connectivity index (χ0n) is 15.0. The van der Waals surface area contributed by atoms with Crippen molar-refractivity contribution in [1.82, 2.24) is 5.32 Å². The lowest BCUT2D eigenvalue weighted by Gasteiger charge is -2.29. The molecule has 5 nitrogen and oxygen atoms in total. The van der Waals surface area contributed by atoms with Crippen molar-refractivity contribution in [2.24, 2.45) is 0 Å². The minimum atomic E-state index is -3.65. The molecule has 2 aromatic rings. The Kier molecular flexibility index (Phi) is 6.67. The number of amides is 1. The highest BCUT2D eigenvalue weighted by atomic mass is 35.5. The number of nitrogens with zero attached hydrogens (tertiary/aromatic N) is 1. The van der Waals surface area contributed by atoms with Crippen LogP contribution in [0, 0.1) is 0 Å². The smallest absolute Gasteiger partial charge is 0.244 e. The molecule has 0 aromatic heterocycles. The minimum Gasteiger partial charge on any atom is -0.347 e. The molecular formula is C19H23ClN2O3S. The maximum atomic E-state index is 12.8. The van der Waals surface area contributed by atoms with E-state index in [0.29, 0.717) is 17.1 Å². The van der Waals surface area contributed by atoms with Crippen LogP contribution in [0.5, 0.6) is 0 Å². The topological polar surface area (TPSA) is 66.5 Å². The standard InChI is InChI=1S/C19H23ClN2O3S/c1-4-18(15-8-6-5-7-9-15)21-19(23)14(2)22(26(3,24)25)17-12-10-16(20)11-13-17/h5-14,18H,4H2,1-3H3,(H,21,23)/t14-,18-/m0/s1. The average molecular weight is 395 g/mol. The second kappa shape index (κ2) is 8.56.